The van der Waals surface area contributed by atoms with Crippen molar-refractivity contribution in [1.29, 1.82) is 0 Å². The number of benzene rings is 1. The molecule has 0 spiro atoms. The Morgan fingerprint density at radius 3 is 2.55 bits per heavy atom. The van der Waals surface area contributed by atoms with E-state index in [-0.39, 0.29) is 0 Å². The van der Waals surface area contributed by atoms with Crippen LogP contribution in [0, 0.1) is 0 Å². The first-order chi connectivity index (χ1) is 10.8. The molecule has 118 valence electrons. The second-order valence-electron chi connectivity index (χ2n) is 4.72. The predicted octanol–water partition coefficient (Wildman–Crippen LogP) is 1.59. The number of hydrogen-bond donors (Lipinski definition) is 1. The van der Waals surface area contributed by atoms with E-state index in [9.17, 15) is 0 Å². The van der Waals surface area contributed by atoms with Crippen LogP contribution in [0.5, 0.6) is 11.6 Å². The molecule has 2 rings (SSSR count). The Balaban J connectivity index is 1.84. The van der Waals surface area contributed by atoms with Gasteiger partial charge in [0, 0.05) is 32.5 Å². The van der Waals surface area contributed by atoms with Gasteiger partial charge in [-0.15, -0.1) is 0 Å². The molecular weight excluding hydrogens is 280 g/mol. The lowest BCUT2D eigenvalue weighted by molar-refractivity contribution is 0.212. The zero-order chi connectivity index (χ0) is 15.6. The largest absolute Gasteiger partial charge is 0.490 e. The fourth-order valence-electron chi connectivity index (χ4n) is 1.88. The highest BCUT2D eigenvalue weighted by atomic mass is 16.5. The molecule has 0 fully saturated rings. The zero-order valence-corrected chi connectivity index (χ0v) is 13.0. The molecule has 1 N–H and O–H groups in total. The average Bonchev–Trinajstić information content (AvgIpc) is 2.58. The number of rotatable bonds is 9. The monoisotopic (exact) mass is 302 g/mol. The number of nitrogens with zero attached hydrogens (tertiary/aromatic N) is 3. The van der Waals surface area contributed by atoms with Gasteiger partial charge in [-0.05, 0) is 19.2 Å². The van der Waals surface area contributed by atoms with Crippen LogP contribution in [0.2, 0.25) is 0 Å². The number of nitrogens with one attached hydrogen (secondary N) is 1. The predicted molar refractivity (Wildman–Crippen MR) is 86.7 cm³/mol. The van der Waals surface area contributed by atoms with Crippen LogP contribution in [0.15, 0.2) is 42.7 Å². The highest BCUT2D eigenvalue weighted by molar-refractivity contribution is 5.46. The normalized spacial score (nSPS) is 10.3. The van der Waals surface area contributed by atoms with Crippen LogP contribution in [0.4, 0.5) is 5.82 Å². The molecule has 6 heteroatoms. The summed E-state index contributed by atoms with van der Waals surface area (Å²) in [7, 11) is 3.89. The number of anilines is 1. The van der Waals surface area contributed by atoms with Crippen molar-refractivity contribution in [3.63, 3.8) is 0 Å². The molecule has 0 saturated carbocycles. The van der Waals surface area contributed by atoms with Gasteiger partial charge >= 0.3 is 0 Å². The molecule has 6 nitrogen and oxygen atoms in total. The summed E-state index contributed by atoms with van der Waals surface area (Å²) in [5, 5.41) is 3.11. The molecule has 0 aliphatic heterocycles. The summed E-state index contributed by atoms with van der Waals surface area (Å²) in [6.45, 7) is 2.57. The molecule has 0 unspecified atom stereocenters. The lowest BCUT2D eigenvalue weighted by Crippen LogP contribution is -2.28. The van der Waals surface area contributed by atoms with E-state index in [4.69, 9.17) is 9.47 Å². The van der Waals surface area contributed by atoms with Crippen LogP contribution >= 0.6 is 0 Å². The third kappa shape index (κ3) is 4.89. The second-order valence-corrected chi connectivity index (χ2v) is 4.72. The molecule has 2 aromatic rings. The van der Waals surface area contributed by atoms with Gasteiger partial charge in [0.2, 0.25) is 0 Å². The molecule has 0 radical (unpaired) electrons. The molecule has 0 atom stereocenters. The first kappa shape index (κ1) is 16.0. The summed E-state index contributed by atoms with van der Waals surface area (Å²) >= 11 is 0. The summed E-state index contributed by atoms with van der Waals surface area (Å²) in [5.41, 5.74) is 0. The zero-order valence-electron chi connectivity index (χ0n) is 13.0. The Labute approximate surface area is 131 Å². The van der Waals surface area contributed by atoms with E-state index in [1.165, 1.54) is 0 Å². The first-order valence-corrected chi connectivity index (χ1v) is 7.28. The summed E-state index contributed by atoms with van der Waals surface area (Å²) in [6, 6.07) is 9.66. The van der Waals surface area contributed by atoms with Crippen molar-refractivity contribution in [2.24, 2.45) is 0 Å². The molecule has 1 heterocycles. The van der Waals surface area contributed by atoms with E-state index < -0.39 is 0 Å². The number of ether oxygens (including phenoxy) is 2. The summed E-state index contributed by atoms with van der Waals surface area (Å²) < 4.78 is 11.3. The van der Waals surface area contributed by atoms with Crippen LogP contribution in [0.1, 0.15) is 0 Å². The maximum atomic E-state index is 5.70. The highest BCUT2D eigenvalue weighted by Gasteiger charge is 2.11. The third-order valence-electron chi connectivity index (χ3n) is 3.04. The molecule has 0 aliphatic rings. The van der Waals surface area contributed by atoms with Crippen molar-refractivity contribution in [2.45, 2.75) is 0 Å². The first-order valence-electron chi connectivity index (χ1n) is 7.28. The number of aromatic nitrogens is 2. The smallest absolute Gasteiger partial charge is 0.257 e. The number of hydrogen-bond acceptors (Lipinski definition) is 6. The Kier molecular flexibility index (Phi) is 6.44. The average molecular weight is 302 g/mol. The molecular formula is C16H22N4O2. The van der Waals surface area contributed by atoms with E-state index in [2.05, 4.69) is 15.3 Å². The fourth-order valence-corrected chi connectivity index (χ4v) is 1.88. The molecule has 0 amide bonds. The molecule has 1 aromatic carbocycles. The fraction of sp³-hybridized carbons (Fsp3) is 0.375. The van der Waals surface area contributed by atoms with Crippen LogP contribution in [0.3, 0.4) is 0 Å². The Morgan fingerprint density at radius 1 is 1.05 bits per heavy atom. The lowest BCUT2D eigenvalue weighted by atomic mass is 10.3. The van der Waals surface area contributed by atoms with Gasteiger partial charge in [-0.2, -0.15) is 0 Å². The van der Waals surface area contributed by atoms with Crippen molar-refractivity contribution in [3.05, 3.63) is 42.7 Å². The number of para-hydroxylation sites is 1. The molecule has 0 aliphatic carbocycles. The van der Waals surface area contributed by atoms with Gasteiger partial charge in [-0.3, -0.25) is 0 Å². The summed E-state index contributed by atoms with van der Waals surface area (Å²) in [5.74, 6) is 2.09. The minimum absolute atomic E-state index is 0.417. The van der Waals surface area contributed by atoms with E-state index in [0.29, 0.717) is 19.1 Å². The molecule has 0 saturated heterocycles. The van der Waals surface area contributed by atoms with Crippen molar-refractivity contribution in [2.75, 3.05) is 45.3 Å². The van der Waals surface area contributed by atoms with Gasteiger partial charge in [-0.25, -0.2) is 9.97 Å². The van der Waals surface area contributed by atoms with Crippen molar-refractivity contribution >= 4 is 5.82 Å². The van der Waals surface area contributed by atoms with Crippen molar-refractivity contribution in [3.8, 4) is 11.6 Å². The van der Waals surface area contributed by atoms with E-state index >= 15 is 0 Å². The van der Waals surface area contributed by atoms with E-state index in [1.54, 1.807) is 12.4 Å². The summed E-state index contributed by atoms with van der Waals surface area (Å²) in [4.78, 5) is 10.6. The standard InChI is InChI=1S/C16H22N4O2/c1-17-10-11-20(2)15-16(19-9-8-18-15)22-13-12-21-14-6-4-3-5-7-14/h3-9,17H,10-13H2,1-2H3. The lowest BCUT2D eigenvalue weighted by Gasteiger charge is -2.19. The van der Waals surface area contributed by atoms with Gasteiger partial charge in [0.25, 0.3) is 5.88 Å². The second kappa shape index (κ2) is 8.84. The van der Waals surface area contributed by atoms with Gasteiger partial charge in [0.1, 0.15) is 19.0 Å². The molecule has 1 aromatic heterocycles. The van der Waals surface area contributed by atoms with Crippen LogP contribution < -0.4 is 19.7 Å². The quantitative estimate of drug-likeness (QED) is 0.710. The number of likely N-dealkylation sites (N-methyl/N-ethyl adjacent to an activating group) is 2. The Morgan fingerprint density at radius 2 is 1.77 bits per heavy atom. The van der Waals surface area contributed by atoms with Crippen LogP contribution in [-0.4, -0.2) is 50.4 Å². The van der Waals surface area contributed by atoms with E-state index in [0.717, 1.165) is 24.7 Å². The molecule has 22 heavy (non-hydrogen) atoms. The van der Waals surface area contributed by atoms with Crippen molar-refractivity contribution in [1.82, 2.24) is 15.3 Å². The minimum atomic E-state index is 0.417. The van der Waals surface area contributed by atoms with Gasteiger partial charge < -0.3 is 19.7 Å². The van der Waals surface area contributed by atoms with Gasteiger partial charge in [0.05, 0.1) is 0 Å². The maximum Gasteiger partial charge on any atom is 0.257 e. The van der Waals surface area contributed by atoms with Gasteiger partial charge in [-0.1, -0.05) is 18.2 Å². The summed E-state index contributed by atoms with van der Waals surface area (Å²) in [6.07, 6.45) is 3.29. The van der Waals surface area contributed by atoms with Crippen molar-refractivity contribution < 1.29 is 9.47 Å². The topological polar surface area (TPSA) is 59.5 Å². The maximum absolute atomic E-state index is 5.70. The minimum Gasteiger partial charge on any atom is -0.490 e. The van der Waals surface area contributed by atoms with Crippen LogP contribution in [0.25, 0.3) is 0 Å². The Hall–Kier alpha value is -2.34. The van der Waals surface area contributed by atoms with E-state index in [1.807, 2.05) is 49.3 Å². The SMILES string of the molecule is CNCCN(C)c1nccnc1OCCOc1ccccc1. The molecule has 0 bridgehead atoms. The van der Waals surface area contributed by atoms with Gasteiger partial charge in [0.15, 0.2) is 5.82 Å². The highest BCUT2D eigenvalue weighted by Crippen LogP contribution is 2.20. The van der Waals surface area contributed by atoms with Crippen LogP contribution in [-0.2, 0) is 0 Å². The third-order valence-corrected chi connectivity index (χ3v) is 3.04. The Bertz CT molecular complexity index is 551.